The van der Waals surface area contributed by atoms with E-state index in [-0.39, 0.29) is 5.41 Å². The molecule has 1 fully saturated rings. The Morgan fingerprint density at radius 1 is 1.60 bits per heavy atom. The van der Waals surface area contributed by atoms with Crippen LogP contribution < -0.4 is 0 Å². The van der Waals surface area contributed by atoms with E-state index in [9.17, 15) is 4.79 Å². The summed E-state index contributed by atoms with van der Waals surface area (Å²) in [6.07, 6.45) is 5.37. The van der Waals surface area contributed by atoms with Gasteiger partial charge in [0.25, 0.3) is 0 Å². The molecule has 0 radical (unpaired) electrons. The van der Waals surface area contributed by atoms with Crippen LogP contribution in [-0.4, -0.2) is 6.29 Å². The first-order valence-corrected chi connectivity index (χ1v) is 3.68. The molecule has 0 spiro atoms. The van der Waals surface area contributed by atoms with Crippen molar-refractivity contribution in [3.63, 3.8) is 0 Å². The van der Waals surface area contributed by atoms with Gasteiger partial charge in [-0.25, -0.2) is 0 Å². The molecule has 1 saturated carbocycles. The number of hydrogen-bond acceptors (Lipinski definition) is 2. The lowest BCUT2D eigenvalue weighted by Gasteiger charge is -2.34. The fourth-order valence-electron chi connectivity index (χ4n) is 1.36. The summed E-state index contributed by atoms with van der Waals surface area (Å²) in [6.45, 7) is 0. The van der Waals surface area contributed by atoms with Crippen LogP contribution in [0.5, 0.6) is 0 Å². The highest BCUT2D eigenvalue weighted by atomic mass is 16.1. The van der Waals surface area contributed by atoms with Gasteiger partial charge < -0.3 is 4.79 Å². The van der Waals surface area contributed by atoms with Gasteiger partial charge in [0.05, 0.1) is 11.5 Å². The number of rotatable bonds is 3. The third-order valence-electron chi connectivity index (χ3n) is 2.29. The van der Waals surface area contributed by atoms with Crippen LogP contribution >= 0.6 is 0 Å². The largest absolute Gasteiger partial charge is 0.303 e. The monoisotopic (exact) mass is 137 g/mol. The third kappa shape index (κ3) is 1.18. The third-order valence-corrected chi connectivity index (χ3v) is 2.29. The fourth-order valence-corrected chi connectivity index (χ4v) is 1.36. The SMILES string of the molecule is N#CC1(CCC=O)CCC1. The normalized spacial score (nSPS) is 20.7. The van der Waals surface area contributed by atoms with Crippen LogP contribution in [0.1, 0.15) is 32.1 Å². The summed E-state index contributed by atoms with van der Waals surface area (Å²) in [7, 11) is 0. The van der Waals surface area contributed by atoms with Gasteiger partial charge >= 0.3 is 0 Å². The molecule has 0 N–H and O–H groups in total. The van der Waals surface area contributed by atoms with Crippen molar-refractivity contribution in [2.45, 2.75) is 32.1 Å². The zero-order chi connectivity index (χ0) is 7.45. The fraction of sp³-hybridized carbons (Fsp3) is 0.750. The highest BCUT2D eigenvalue weighted by Crippen LogP contribution is 2.43. The molecular formula is C8H11NO. The lowest BCUT2D eigenvalue weighted by atomic mass is 9.67. The van der Waals surface area contributed by atoms with Crippen molar-refractivity contribution in [2.75, 3.05) is 0 Å². The number of nitriles is 1. The summed E-state index contributed by atoms with van der Waals surface area (Å²) < 4.78 is 0. The van der Waals surface area contributed by atoms with Gasteiger partial charge in [-0.2, -0.15) is 5.26 Å². The molecule has 1 aliphatic rings. The van der Waals surface area contributed by atoms with Crippen LogP contribution in [0.15, 0.2) is 0 Å². The van der Waals surface area contributed by atoms with E-state index >= 15 is 0 Å². The van der Waals surface area contributed by atoms with E-state index in [1.807, 2.05) is 0 Å². The maximum atomic E-state index is 10.00. The average Bonchev–Trinajstić information content (AvgIpc) is 1.87. The minimum absolute atomic E-state index is 0.110. The molecule has 0 heterocycles. The molecule has 2 heteroatoms. The first-order valence-electron chi connectivity index (χ1n) is 3.68. The molecule has 2 nitrogen and oxygen atoms in total. The highest BCUT2D eigenvalue weighted by Gasteiger charge is 2.36. The number of carbonyl (C=O) groups is 1. The quantitative estimate of drug-likeness (QED) is 0.555. The van der Waals surface area contributed by atoms with Crippen molar-refractivity contribution in [3.05, 3.63) is 0 Å². The van der Waals surface area contributed by atoms with E-state index in [1.165, 1.54) is 0 Å². The maximum Gasteiger partial charge on any atom is 0.120 e. The van der Waals surface area contributed by atoms with Gasteiger partial charge in [-0.05, 0) is 19.3 Å². The van der Waals surface area contributed by atoms with Crippen molar-refractivity contribution < 1.29 is 4.79 Å². The number of nitrogens with zero attached hydrogens (tertiary/aromatic N) is 1. The van der Waals surface area contributed by atoms with Crippen LogP contribution in [0.4, 0.5) is 0 Å². The van der Waals surface area contributed by atoms with Gasteiger partial charge in [-0.1, -0.05) is 6.42 Å². The van der Waals surface area contributed by atoms with Crippen molar-refractivity contribution in [1.82, 2.24) is 0 Å². The molecule has 0 atom stereocenters. The van der Waals surface area contributed by atoms with Gasteiger partial charge in [0.15, 0.2) is 0 Å². The second-order valence-electron chi connectivity index (χ2n) is 2.95. The molecule has 0 aliphatic heterocycles. The van der Waals surface area contributed by atoms with Crippen LogP contribution in [0.25, 0.3) is 0 Å². The van der Waals surface area contributed by atoms with Crippen LogP contribution in [0.2, 0.25) is 0 Å². The Hall–Kier alpha value is -0.840. The molecule has 0 amide bonds. The van der Waals surface area contributed by atoms with Gasteiger partial charge in [0, 0.05) is 6.42 Å². The highest BCUT2D eigenvalue weighted by molar-refractivity contribution is 5.49. The standard InChI is InChI=1S/C8H11NO/c9-7-8(3-1-4-8)5-2-6-10/h6H,1-5H2. The summed E-state index contributed by atoms with van der Waals surface area (Å²) >= 11 is 0. The molecule has 1 rings (SSSR count). The molecule has 1 aliphatic carbocycles. The maximum absolute atomic E-state index is 10.00. The molecule has 0 aromatic heterocycles. The summed E-state index contributed by atoms with van der Waals surface area (Å²) in [6, 6.07) is 2.29. The predicted octanol–water partition coefficient (Wildman–Crippen LogP) is 1.66. The molecule has 0 aromatic carbocycles. The van der Waals surface area contributed by atoms with Gasteiger partial charge in [-0.15, -0.1) is 0 Å². The second-order valence-corrected chi connectivity index (χ2v) is 2.95. The minimum atomic E-state index is -0.110. The Kier molecular flexibility index (Phi) is 2.06. The van der Waals surface area contributed by atoms with Gasteiger partial charge in [0.2, 0.25) is 0 Å². The Balaban J connectivity index is 2.35. The number of aldehydes is 1. The number of carbonyl (C=O) groups excluding carboxylic acids is 1. The molecular weight excluding hydrogens is 126 g/mol. The molecule has 0 unspecified atom stereocenters. The first-order chi connectivity index (χ1) is 4.83. The van der Waals surface area contributed by atoms with Gasteiger partial charge in [0.1, 0.15) is 6.29 Å². The second kappa shape index (κ2) is 2.83. The molecule has 0 aromatic rings. The van der Waals surface area contributed by atoms with Gasteiger partial charge in [-0.3, -0.25) is 0 Å². The van der Waals surface area contributed by atoms with E-state index in [2.05, 4.69) is 6.07 Å². The Bertz CT molecular complexity index is 165. The summed E-state index contributed by atoms with van der Waals surface area (Å²) in [5.41, 5.74) is -0.110. The zero-order valence-electron chi connectivity index (χ0n) is 5.97. The van der Waals surface area contributed by atoms with Crippen LogP contribution in [-0.2, 0) is 4.79 Å². The van der Waals surface area contributed by atoms with E-state index < -0.39 is 0 Å². The van der Waals surface area contributed by atoms with Crippen molar-refractivity contribution in [3.8, 4) is 6.07 Å². The van der Waals surface area contributed by atoms with E-state index in [0.29, 0.717) is 6.42 Å². The van der Waals surface area contributed by atoms with Crippen LogP contribution in [0.3, 0.4) is 0 Å². The first kappa shape index (κ1) is 7.27. The van der Waals surface area contributed by atoms with E-state index in [0.717, 1.165) is 32.0 Å². The van der Waals surface area contributed by atoms with Crippen molar-refractivity contribution >= 4 is 6.29 Å². The van der Waals surface area contributed by atoms with Crippen LogP contribution in [0, 0.1) is 16.7 Å². The summed E-state index contributed by atoms with van der Waals surface area (Å²) in [4.78, 5) is 10.00. The molecule has 54 valence electrons. The van der Waals surface area contributed by atoms with E-state index in [1.54, 1.807) is 0 Å². The Morgan fingerprint density at radius 2 is 2.30 bits per heavy atom. The topological polar surface area (TPSA) is 40.9 Å². The summed E-state index contributed by atoms with van der Waals surface area (Å²) in [5, 5.41) is 8.70. The number of hydrogen-bond donors (Lipinski definition) is 0. The average molecular weight is 137 g/mol. The van der Waals surface area contributed by atoms with E-state index in [4.69, 9.17) is 5.26 Å². The minimum Gasteiger partial charge on any atom is -0.303 e. The summed E-state index contributed by atoms with van der Waals surface area (Å²) in [5.74, 6) is 0. The Labute approximate surface area is 60.8 Å². The van der Waals surface area contributed by atoms with Crippen molar-refractivity contribution in [2.24, 2.45) is 5.41 Å². The Morgan fingerprint density at radius 3 is 2.60 bits per heavy atom. The lowest BCUT2D eigenvalue weighted by Crippen LogP contribution is -2.27. The molecule has 0 saturated heterocycles. The molecule has 0 bridgehead atoms. The zero-order valence-corrected chi connectivity index (χ0v) is 5.97. The predicted molar refractivity (Wildman–Crippen MR) is 37.2 cm³/mol. The lowest BCUT2D eigenvalue weighted by molar-refractivity contribution is -0.108. The van der Waals surface area contributed by atoms with Crippen molar-refractivity contribution in [1.29, 1.82) is 5.26 Å². The smallest absolute Gasteiger partial charge is 0.120 e. The molecule has 10 heavy (non-hydrogen) atoms.